The predicted octanol–water partition coefficient (Wildman–Crippen LogP) is -1.04. The van der Waals surface area contributed by atoms with Crippen LogP contribution in [0, 0.1) is 5.92 Å². The summed E-state index contributed by atoms with van der Waals surface area (Å²) in [5.41, 5.74) is 2.55. The summed E-state index contributed by atoms with van der Waals surface area (Å²) in [6.07, 6.45) is 0.475. The van der Waals surface area contributed by atoms with E-state index in [9.17, 15) is 15.0 Å². The first-order valence-electron chi connectivity index (χ1n) is 8.17. The lowest BCUT2D eigenvalue weighted by atomic mass is 9.83. The maximum Gasteiger partial charge on any atom is 0.223 e. The third kappa shape index (κ3) is 3.40. The zero-order valence-electron chi connectivity index (χ0n) is 13.0. The highest BCUT2D eigenvalue weighted by Crippen LogP contribution is 2.25. The maximum absolute atomic E-state index is 12.4. The van der Waals surface area contributed by atoms with Crippen LogP contribution in [0.15, 0.2) is 24.3 Å². The molecule has 5 N–H and O–H groups in total. The van der Waals surface area contributed by atoms with Gasteiger partial charge in [0.2, 0.25) is 5.91 Å². The van der Waals surface area contributed by atoms with E-state index in [0.717, 1.165) is 19.3 Å². The molecule has 0 radical (unpaired) electrons. The van der Waals surface area contributed by atoms with E-state index in [4.69, 9.17) is 5.11 Å². The average Bonchev–Trinajstić information content (AvgIpc) is 2.87. The molecule has 1 aliphatic carbocycles. The molecule has 1 aromatic rings. The summed E-state index contributed by atoms with van der Waals surface area (Å²) < 4.78 is 0. The van der Waals surface area contributed by atoms with E-state index >= 15 is 0 Å². The molecule has 1 unspecified atom stereocenters. The molecule has 0 spiro atoms. The zero-order chi connectivity index (χ0) is 16.4. The van der Waals surface area contributed by atoms with Gasteiger partial charge >= 0.3 is 0 Å². The predicted molar refractivity (Wildman–Crippen MR) is 84.8 cm³/mol. The van der Waals surface area contributed by atoms with Gasteiger partial charge in [-0.15, -0.1) is 0 Å². The minimum Gasteiger partial charge on any atom is -0.395 e. The lowest BCUT2D eigenvalue weighted by Crippen LogP contribution is -2.46. The Hall–Kier alpha value is -1.47. The number of fused-ring (bicyclic) bond motifs is 1. The number of amides is 1. The third-order valence-electron chi connectivity index (χ3n) is 5.01. The summed E-state index contributed by atoms with van der Waals surface area (Å²) in [6, 6.07) is 7.21. The molecule has 1 saturated heterocycles. The van der Waals surface area contributed by atoms with Crippen LogP contribution < -0.4 is 10.6 Å². The largest absolute Gasteiger partial charge is 0.395 e. The Bertz CT molecular complexity index is 565. The van der Waals surface area contributed by atoms with Crippen LogP contribution in [0.25, 0.3) is 0 Å². The molecule has 1 fully saturated rings. The van der Waals surface area contributed by atoms with Crippen molar-refractivity contribution < 1.29 is 20.1 Å². The second-order valence-electron chi connectivity index (χ2n) is 6.50. The molecular weight excluding hydrogens is 296 g/mol. The lowest BCUT2D eigenvalue weighted by Gasteiger charge is -2.25. The van der Waals surface area contributed by atoms with Gasteiger partial charge in [-0.05, 0) is 30.4 Å². The van der Waals surface area contributed by atoms with E-state index in [1.165, 1.54) is 11.1 Å². The summed E-state index contributed by atoms with van der Waals surface area (Å²) >= 11 is 0. The molecule has 126 valence electrons. The van der Waals surface area contributed by atoms with Crippen molar-refractivity contribution in [1.82, 2.24) is 10.6 Å². The number of hydrogen-bond acceptors (Lipinski definition) is 5. The molecule has 5 atom stereocenters. The first kappa shape index (κ1) is 16.4. The van der Waals surface area contributed by atoms with Gasteiger partial charge in [0.05, 0.1) is 30.9 Å². The molecule has 1 amide bonds. The third-order valence-corrected chi connectivity index (χ3v) is 5.01. The first-order valence-corrected chi connectivity index (χ1v) is 8.17. The second kappa shape index (κ2) is 6.97. The Morgan fingerprint density at radius 2 is 1.87 bits per heavy atom. The molecular formula is C17H24N2O4. The van der Waals surface area contributed by atoms with Crippen molar-refractivity contribution in [1.29, 1.82) is 0 Å². The van der Waals surface area contributed by atoms with Crippen LogP contribution in [-0.2, 0) is 17.6 Å². The number of hydrogen-bond donors (Lipinski definition) is 5. The molecule has 23 heavy (non-hydrogen) atoms. The minimum absolute atomic E-state index is 0.0181. The van der Waals surface area contributed by atoms with Crippen molar-refractivity contribution >= 4 is 5.91 Å². The van der Waals surface area contributed by atoms with Gasteiger partial charge in [-0.25, -0.2) is 0 Å². The highest BCUT2D eigenvalue weighted by Gasteiger charge is 2.40. The Labute approximate surface area is 135 Å². The molecule has 3 rings (SSSR count). The van der Waals surface area contributed by atoms with E-state index in [2.05, 4.69) is 22.8 Å². The van der Waals surface area contributed by atoms with Crippen LogP contribution in [-0.4, -0.2) is 58.7 Å². The Morgan fingerprint density at radius 1 is 1.17 bits per heavy atom. The average molecular weight is 320 g/mol. The van der Waals surface area contributed by atoms with E-state index in [1.807, 2.05) is 12.1 Å². The van der Waals surface area contributed by atoms with Gasteiger partial charge in [-0.1, -0.05) is 24.3 Å². The fraction of sp³-hybridized carbons (Fsp3) is 0.588. The Balaban J connectivity index is 1.53. The minimum atomic E-state index is -1.01. The van der Waals surface area contributed by atoms with Crippen molar-refractivity contribution in [3.05, 3.63) is 35.4 Å². The number of aryl methyl sites for hydroxylation is 1. The SMILES string of the molecule is O=C(NC[C@@H]1N[C@H](CO)[C@H](O)[C@@H]1O)C1CCc2ccccc2C1. The maximum atomic E-state index is 12.4. The number of aliphatic hydroxyl groups is 3. The van der Waals surface area contributed by atoms with Crippen LogP contribution in [0.5, 0.6) is 0 Å². The monoisotopic (exact) mass is 320 g/mol. The van der Waals surface area contributed by atoms with Crippen LogP contribution in [0.1, 0.15) is 17.5 Å². The van der Waals surface area contributed by atoms with Gasteiger partial charge in [0, 0.05) is 12.5 Å². The quantitative estimate of drug-likeness (QED) is 0.488. The van der Waals surface area contributed by atoms with Gasteiger partial charge in [-0.3, -0.25) is 4.79 Å². The molecule has 1 aromatic carbocycles. The first-order chi connectivity index (χ1) is 11.1. The fourth-order valence-corrected chi connectivity index (χ4v) is 3.57. The number of carbonyl (C=O) groups excluding carboxylic acids is 1. The second-order valence-corrected chi connectivity index (χ2v) is 6.50. The van der Waals surface area contributed by atoms with Crippen LogP contribution in [0.3, 0.4) is 0 Å². The molecule has 2 aliphatic rings. The Morgan fingerprint density at radius 3 is 2.57 bits per heavy atom. The highest BCUT2D eigenvalue weighted by molar-refractivity contribution is 5.79. The van der Waals surface area contributed by atoms with Gasteiger partial charge in [-0.2, -0.15) is 0 Å². The van der Waals surface area contributed by atoms with E-state index in [0.29, 0.717) is 0 Å². The standard InChI is InChI=1S/C17H24N2O4/c20-9-14-16(22)15(21)13(19-14)8-18-17(23)12-6-5-10-3-1-2-4-11(10)7-12/h1-4,12-16,19-22H,5-9H2,(H,18,23)/t12?,13-,14+,15+,16-/m0/s1. The van der Waals surface area contributed by atoms with Crippen LogP contribution in [0.2, 0.25) is 0 Å². The normalized spacial score (nSPS) is 33.3. The van der Waals surface area contributed by atoms with E-state index < -0.39 is 24.3 Å². The van der Waals surface area contributed by atoms with Crippen LogP contribution in [0.4, 0.5) is 0 Å². The number of rotatable bonds is 4. The molecule has 0 aromatic heterocycles. The molecule has 6 nitrogen and oxygen atoms in total. The van der Waals surface area contributed by atoms with E-state index in [-0.39, 0.29) is 25.0 Å². The number of benzene rings is 1. The van der Waals surface area contributed by atoms with Crippen LogP contribution >= 0.6 is 0 Å². The topological polar surface area (TPSA) is 102 Å². The van der Waals surface area contributed by atoms with Gasteiger partial charge in [0.1, 0.15) is 0 Å². The van der Waals surface area contributed by atoms with Gasteiger partial charge < -0.3 is 26.0 Å². The highest BCUT2D eigenvalue weighted by atomic mass is 16.3. The number of nitrogens with one attached hydrogen (secondary N) is 2. The fourth-order valence-electron chi connectivity index (χ4n) is 3.57. The molecule has 0 saturated carbocycles. The van der Waals surface area contributed by atoms with E-state index in [1.54, 1.807) is 0 Å². The zero-order valence-corrected chi connectivity index (χ0v) is 13.0. The van der Waals surface area contributed by atoms with Crippen molar-refractivity contribution in [3.63, 3.8) is 0 Å². The van der Waals surface area contributed by atoms with Gasteiger partial charge in [0.25, 0.3) is 0 Å². The summed E-state index contributed by atoms with van der Waals surface area (Å²) in [5, 5.41) is 34.6. The summed E-state index contributed by atoms with van der Waals surface area (Å²) in [4.78, 5) is 12.4. The van der Waals surface area contributed by atoms with Crippen molar-refractivity contribution in [2.75, 3.05) is 13.2 Å². The van der Waals surface area contributed by atoms with Crippen molar-refractivity contribution in [3.8, 4) is 0 Å². The van der Waals surface area contributed by atoms with Crippen molar-refractivity contribution in [2.24, 2.45) is 5.92 Å². The Kier molecular flexibility index (Phi) is 4.96. The summed E-state index contributed by atoms with van der Waals surface area (Å²) in [5.74, 6) is -0.0718. The lowest BCUT2D eigenvalue weighted by molar-refractivity contribution is -0.125. The summed E-state index contributed by atoms with van der Waals surface area (Å²) in [6.45, 7) is -0.00616. The number of aliphatic hydroxyl groups excluding tert-OH is 3. The molecule has 6 heteroatoms. The number of carbonyl (C=O) groups is 1. The summed E-state index contributed by atoms with van der Waals surface area (Å²) in [7, 11) is 0. The molecule has 1 heterocycles. The smallest absolute Gasteiger partial charge is 0.223 e. The van der Waals surface area contributed by atoms with Gasteiger partial charge in [0.15, 0.2) is 0 Å². The molecule has 1 aliphatic heterocycles. The van der Waals surface area contributed by atoms with Crippen molar-refractivity contribution in [2.45, 2.75) is 43.6 Å². The molecule has 0 bridgehead atoms.